The predicted molar refractivity (Wildman–Crippen MR) is 179 cm³/mol. The lowest BCUT2D eigenvalue weighted by Crippen LogP contribution is -2.07. The van der Waals surface area contributed by atoms with E-state index in [4.69, 9.17) is 13.6 Å². The maximum absolute atomic E-state index is 14.3. The summed E-state index contributed by atoms with van der Waals surface area (Å²) < 4.78 is 32.3. The molecule has 0 heterocycles. The third kappa shape index (κ3) is 6.62. The van der Waals surface area contributed by atoms with Crippen LogP contribution in [0.2, 0.25) is 0 Å². The molecule has 0 aliphatic heterocycles. The quantitative estimate of drug-likeness (QED) is 0.156. The zero-order chi connectivity index (χ0) is 30.5. The largest absolute Gasteiger partial charge is 0.647 e. The Morgan fingerprint density at radius 2 is 0.614 bits per heavy atom. The Balaban J connectivity index is 1.28. The Bertz CT molecular complexity index is 1700. The molecule has 0 atom stereocenters. The molecular weight excluding hydrogens is 563 g/mol. The highest BCUT2D eigenvalue weighted by atomic mass is 31.2. The zero-order valence-corrected chi connectivity index (χ0v) is 25.8. The van der Waals surface area contributed by atoms with E-state index < -0.39 is 7.82 Å². The van der Waals surface area contributed by atoms with Crippen LogP contribution in [0.3, 0.4) is 0 Å². The third-order valence-corrected chi connectivity index (χ3v) is 8.89. The van der Waals surface area contributed by atoms with Gasteiger partial charge < -0.3 is 13.6 Å². The summed E-state index contributed by atoms with van der Waals surface area (Å²) in [4.78, 5) is 0. The average molecular weight is 597 g/mol. The highest BCUT2D eigenvalue weighted by Crippen LogP contribution is 2.50. The molecule has 0 aromatic heterocycles. The first kappa shape index (κ1) is 29.0. The van der Waals surface area contributed by atoms with Crippen molar-refractivity contribution in [3.05, 3.63) is 162 Å². The fourth-order valence-electron chi connectivity index (χ4n) is 5.22. The first-order valence-corrected chi connectivity index (χ1v) is 16.0. The summed E-state index contributed by atoms with van der Waals surface area (Å²) >= 11 is 0. The van der Waals surface area contributed by atoms with Crippen molar-refractivity contribution >= 4 is 7.82 Å². The molecule has 6 rings (SSSR count). The van der Waals surface area contributed by atoms with Crippen molar-refractivity contribution in [3.63, 3.8) is 0 Å². The van der Waals surface area contributed by atoms with Crippen molar-refractivity contribution in [2.45, 2.75) is 20.8 Å². The molecule has 6 aromatic rings. The van der Waals surface area contributed by atoms with Gasteiger partial charge in [-0.15, -0.1) is 0 Å². The Labute approximate surface area is 259 Å². The molecule has 0 saturated carbocycles. The van der Waals surface area contributed by atoms with Crippen LogP contribution >= 0.6 is 7.82 Å². The molecule has 0 amide bonds. The first-order chi connectivity index (χ1) is 21.4. The maximum atomic E-state index is 14.3. The van der Waals surface area contributed by atoms with Gasteiger partial charge in [-0.25, -0.2) is 0 Å². The molecule has 6 aromatic carbocycles. The number of aryl methyl sites for hydroxylation is 3. The van der Waals surface area contributed by atoms with Crippen molar-refractivity contribution in [2.75, 3.05) is 0 Å². The molecule has 0 unspecified atom stereocenters. The number of hydrogen-bond acceptors (Lipinski definition) is 4. The van der Waals surface area contributed by atoms with Crippen LogP contribution in [0.25, 0.3) is 33.4 Å². The molecule has 0 radical (unpaired) electrons. The van der Waals surface area contributed by atoms with E-state index in [1.54, 1.807) is 36.4 Å². The van der Waals surface area contributed by atoms with E-state index in [1.165, 1.54) is 16.7 Å². The van der Waals surface area contributed by atoms with E-state index in [2.05, 4.69) is 57.2 Å². The number of phosphoric ester groups is 1. The van der Waals surface area contributed by atoms with Crippen LogP contribution in [-0.4, -0.2) is 0 Å². The van der Waals surface area contributed by atoms with E-state index >= 15 is 0 Å². The summed E-state index contributed by atoms with van der Waals surface area (Å²) in [7, 11) is -4.17. The second-order valence-electron chi connectivity index (χ2n) is 10.7. The van der Waals surface area contributed by atoms with E-state index in [9.17, 15) is 4.57 Å². The summed E-state index contributed by atoms with van der Waals surface area (Å²) in [6, 6.07) is 46.9. The van der Waals surface area contributed by atoms with Crippen LogP contribution in [0.15, 0.2) is 146 Å². The van der Waals surface area contributed by atoms with Gasteiger partial charge in [-0.1, -0.05) is 109 Å². The van der Waals surface area contributed by atoms with Gasteiger partial charge in [-0.3, -0.25) is 0 Å². The standard InChI is InChI=1S/C39H33O4P/c1-28-10-4-7-13-37(28)31-16-22-34(23-17-31)41-44(40,42-35-24-18-32(19-25-35)38-14-8-5-11-29(38)2)43-36-26-20-33(21-27-36)39-15-9-6-12-30(39)3/h4-27H,1-3H3. The van der Waals surface area contributed by atoms with E-state index in [0.717, 1.165) is 33.4 Å². The minimum Gasteiger partial charge on any atom is -0.386 e. The smallest absolute Gasteiger partial charge is 0.386 e. The highest BCUT2D eigenvalue weighted by Gasteiger charge is 2.33. The molecule has 0 aliphatic rings. The molecule has 0 spiro atoms. The zero-order valence-electron chi connectivity index (χ0n) is 24.9. The fourth-order valence-corrected chi connectivity index (χ4v) is 6.47. The first-order valence-electron chi connectivity index (χ1n) is 14.5. The Morgan fingerprint density at radius 1 is 0.364 bits per heavy atom. The van der Waals surface area contributed by atoms with Crippen molar-refractivity contribution in [2.24, 2.45) is 0 Å². The molecule has 0 N–H and O–H groups in total. The second kappa shape index (κ2) is 12.7. The van der Waals surface area contributed by atoms with Crippen molar-refractivity contribution in [1.82, 2.24) is 0 Å². The summed E-state index contributed by atoms with van der Waals surface area (Å²) in [6.45, 7) is 6.22. The number of hydrogen-bond donors (Lipinski definition) is 0. The Morgan fingerprint density at radius 3 is 0.864 bits per heavy atom. The van der Waals surface area contributed by atoms with Crippen LogP contribution in [-0.2, 0) is 4.57 Å². The number of benzene rings is 6. The summed E-state index contributed by atoms with van der Waals surface area (Å²) in [5.41, 5.74) is 9.97. The highest BCUT2D eigenvalue weighted by molar-refractivity contribution is 7.49. The van der Waals surface area contributed by atoms with Crippen molar-refractivity contribution < 1.29 is 18.1 Å². The lowest BCUT2D eigenvalue weighted by atomic mass is 10.0. The average Bonchev–Trinajstić information content (AvgIpc) is 3.03. The van der Waals surface area contributed by atoms with Crippen molar-refractivity contribution in [3.8, 4) is 50.6 Å². The summed E-state index contributed by atoms with van der Waals surface area (Å²) in [5, 5.41) is 0. The van der Waals surface area contributed by atoms with Crippen LogP contribution in [0.4, 0.5) is 0 Å². The lowest BCUT2D eigenvalue weighted by molar-refractivity contribution is 0.298. The number of rotatable bonds is 9. The van der Waals surface area contributed by atoms with Gasteiger partial charge in [-0.2, -0.15) is 4.57 Å². The summed E-state index contributed by atoms with van der Waals surface area (Å²) in [6.07, 6.45) is 0. The molecule has 0 aliphatic carbocycles. The van der Waals surface area contributed by atoms with Crippen LogP contribution in [0.5, 0.6) is 17.2 Å². The van der Waals surface area contributed by atoms with Gasteiger partial charge >= 0.3 is 7.82 Å². The fraction of sp³-hybridized carbons (Fsp3) is 0.0769. The minimum atomic E-state index is -4.17. The molecule has 0 fully saturated rings. The third-order valence-electron chi connectivity index (χ3n) is 7.58. The van der Waals surface area contributed by atoms with Crippen LogP contribution in [0, 0.1) is 20.8 Å². The molecule has 0 bridgehead atoms. The van der Waals surface area contributed by atoms with Gasteiger partial charge in [0.1, 0.15) is 17.2 Å². The van der Waals surface area contributed by atoms with Gasteiger partial charge in [0.15, 0.2) is 0 Å². The Hall–Kier alpha value is -5.05. The monoisotopic (exact) mass is 596 g/mol. The summed E-state index contributed by atoms with van der Waals surface area (Å²) in [5.74, 6) is 1.12. The molecule has 4 nitrogen and oxygen atoms in total. The normalized spacial score (nSPS) is 11.2. The SMILES string of the molecule is Cc1ccccc1-c1ccc(OP(=O)(Oc2ccc(-c3ccccc3C)cc2)Oc2ccc(-c3ccccc3C)cc2)cc1. The lowest BCUT2D eigenvalue weighted by Gasteiger charge is -2.20. The van der Waals surface area contributed by atoms with E-state index in [0.29, 0.717) is 17.2 Å². The predicted octanol–water partition coefficient (Wildman–Crippen LogP) is 11.3. The molecule has 218 valence electrons. The number of phosphoric acid groups is 1. The van der Waals surface area contributed by atoms with Crippen LogP contribution < -0.4 is 13.6 Å². The maximum Gasteiger partial charge on any atom is 0.647 e. The molecule has 44 heavy (non-hydrogen) atoms. The van der Waals surface area contributed by atoms with Gasteiger partial charge in [0, 0.05) is 0 Å². The second-order valence-corrected chi connectivity index (χ2v) is 12.2. The van der Waals surface area contributed by atoms with E-state index in [-0.39, 0.29) is 0 Å². The van der Waals surface area contributed by atoms with Gasteiger partial charge in [0.25, 0.3) is 0 Å². The molecule has 5 heteroatoms. The topological polar surface area (TPSA) is 44.8 Å². The van der Waals surface area contributed by atoms with E-state index in [1.807, 2.05) is 72.8 Å². The van der Waals surface area contributed by atoms with Gasteiger partial charge in [0.05, 0.1) is 0 Å². The Kier molecular flexibility index (Phi) is 8.36. The van der Waals surface area contributed by atoms with Gasteiger partial charge in [-0.05, 0) is 107 Å². The van der Waals surface area contributed by atoms with Gasteiger partial charge in [0.2, 0.25) is 0 Å². The van der Waals surface area contributed by atoms with Crippen LogP contribution in [0.1, 0.15) is 16.7 Å². The molecular formula is C39H33O4P. The minimum absolute atomic E-state index is 0.374. The molecule has 0 saturated heterocycles. The van der Waals surface area contributed by atoms with Crippen molar-refractivity contribution in [1.29, 1.82) is 0 Å².